The van der Waals surface area contributed by atoms with Gasteiger partial charge in [-0.2, -0.15) is 0 Å². The molecule has 2 N–H and O–H groups in total. The molecule has 1 aliphatic heterocycles. The van der Waals surface area contributed by atoms with Gasteiger partial charge in [0.25, 0.3) is 0 Å². The Balaban J connectivity index is 2.40. The van der Waals surface area contributed by atoms with Crippen molar-refractivity contribution in [2.24, 2.45) is 11.1 Å². The van der Waals surface area contributed by atoms with Crippen LogP contribution in [0.2, 0.25) is 0 Å². The van der Waals surface area contributed by atoms with Gasteiger partial charge in [-0.05, 0) is 31.3 Å². The van der Waals surface area contributed by atoms with Crippen molar-refractivity contribution in [2.75, 3.05) is 19.6 Å². The first-order valence-electron chi connectivity index (χ1n) is 5.62. The largest absolute Gasteiger partial charge is 0.369 e. The quantitative estimate of drug-likeness (QED) is 0.741. The van der Waals surface area contributed by atoms with Gasteiger partial charge in [0, 0.05) is 0 Å². The number of amides is 1. The number of hydrogen-bond donors (Lipinski definition) is 1. The molecule has 0 aliphatic carbocycles. The number of likely N-dealkylation sites (tertiary alicyclic amines) is 1. The number of nitrogens with two attached hydrogens (primary N) is 1. The summed E-state index contributed by atoms with van der Waals surface area (Å²) >= 11 is 0. The first-order chi connectivity index (χ1) is 6.62. The van der Waals surface area contributed by atoms with Crippen LogP contribution < -0.4 is 5.73 Å². The van der Waals surface area contributed by atoms with Crippen LogP contribution in [0.25, 0.3) is 0 Å². The molecule has 1 saturated heterocycles. The zero-order valence-electron chi connectivity index (χ0n) is 9.38. The summed E-state index contributed by atoms with van der Waals surface area (Å²) in [6, 6.07) is 0. The molecular weight excluding hydrogens is 176 g/mol. The number of primary amides is 1. The van der Waals surface area contributed by atoms with Gasteiger partial charge in [-0.3, -0.25) is 9.69 Å². The highest BCUT2D eigenvalue weighted by molar-refractivity contribution is 5.75. The normalized spacial score (nSPS) is 22.1. The van der Waals surface area contributed by atoms with Crippen LogP contribution in [0.5, 0.6) is 0 Å². The van der Waals surface area contributed by atoms with Crippen LogP contribution in [0.15, 0.2) is 0 Å². The average Bonchev–Trinajstić information content (AvgIpc) is 2.19. The van der Waals surface area contributed by atoms with E-state index in [-0.39, 0.29) is 5.91 Å². The zero-order valence-corrected chi connectivity index (χ0v) is 9.38. The highest BCUT2D eigenvalue weighted by atomic mass is 16.1. The molecule has 0 bridgehead atoms. The predicted molar refractivity (Wildman–Crippen MR) is 57.9 cm³/mol. The summed E-state index contributed by atoms with van der Waals surface area (Å²) in [6.45, 7) is 7.04. The summed E-state index contributed by atoms with van der Waals surface area (Å²) in [6.07, 6.45) is 4.95. The van der Waals surface area contributed by atoms with Gasteiger partial charge in [0.05, 0.1) is 6.54 Å². The standard InChI is InChI=1S/C11H22N2O/c1-3-11(4-2)5-7-13(8-6-11)9-10(12)14/h3-9H2,1-2H3,(H2,12,14). The Morgan fingerprint density at radius 3 is 2.14 bits per heavy atom. The molecule has 0 aromatic rings. The molecule has 1 aliphatic rings. The van der Waals surface area contributed by atoms with Crippen LogP contribution in [-0.2, 0) is 4.79 Å². The molecule has 0 radical (unpaired) electrons. The highest BCUT2D eigenvalue weighted by Gasteiger charge is 2.31. The first kappa shape index (κ1) is 11.5. The smallest absolute Gasteiger partial charge is 0.231 e. The Kier molecular flexibility index (Phi) is 3.93. The number of rotatable bonds is 4. The van der Waals surface area contributed by atoms with E-state index in [9.17, 15) is 4.79 Å². The van der Waals surface area contributed by atoms with Crippen molar-refractivity contribution in [3.8, 4) is 0 Å². The number of carbonyl (C=O) groups excluding carboxylic acids is 1. The summed E-state index contributed by atoms with van der Waals surface area (Å²) in [5.74, 6) is -0.203. The molecule has 1 amide bonds. The Morgan fingerprint density at radius 2 is 1.79 bits per heavy atom. The van der Waals surface area contributed by atoms with Crippen molar-refractivity contribution in [2.45, 2.75) is 39.5 Å². The van der Waals surface area contributed by atoms with Crippen LogP contribution in [0.3, 0.4) is 0 Å². The van der Waals surface area contributed by atoms with Crippen LogP contribution in [0, 0.1) is 5.41 Å². The van der Waals surface area contributed by atoms with Crippen molar-refractivity contribution < 1.29 is 4.79 Å². The van der Waals surface area contributed by atoms with Crippen molar-refractivity contribution in [3.05, 3.63) is 0 Å². The van der Waals surface area contributed by atoms with E-state index in [0.717, 1.165) is 13.1 Å². The number of carbonyl (C=O) groups is 1. The van der Waals surface area contributed by atoms with Crippen molar-refractivity contribution in [1.82, 2.24) is 4.90 Å². The molecule has 3 heteroatoms. The summed E-state index contributed by atoms with van der Waals surface area (Å²) < 4.78 is 0. The fourth-order valence-corrected chi connectivity index (χ4v) is 2.36. The second-order valence-electron chi connectivity index (χ2n) is 4.45. The third-order valence-electron chi connectivity index (χ3n) is 3.80. The fraction of sp³-hybridized carbons (Fsp3) is 0.909. The zero-order chi connectivity index (χ0) is 10.6. The summed E-state index contributed by atoms with van der Waals surface area (Å²) in [4.78, 5) is 12.9. The van der Waals surface area contributed by atoms with Gasteiger partial charge in [-0.15, -0.1) is 0 Å². The minimum atomic E-state index is -0.203. The van der Waals surface area contributed by atoms with E-state index < -0.39 is 0 Å². The Bertz CT molecular complexity index is 189. The van der Waals surface area contributed by atoms with Gasteiger partial charge in [0.15, 0.2) is 0 Å². The topological polar surface area (TPSA) is 46.3 Å². The maximum Gasteiger partial charge on any atom is 0.231 e. The van der Waals surface area contributed by atoms with Gasteiger partial charge in [0.2, 0.25) is 5.91 Å². The molecular formula is C11H22N2O. The second kappa shape index (κ2) is 4.78. The van der Waals surface area contributed by atoms with Crippen LogP contribution in [-0.4, -0.2) is 30.4 Å². The Morgan fingerprint density at radius 1 is 1.29 bits per heavy atom. The predicted octanol–water partition coefficient (Wildman–Crippen LogP) is 1.37. The van der Waals surface area contributed by atoms with E-state index in [1.165, 1.54) is 25.7 Å². The maximum atomic E-state index is 10.7. The van der Waals surface area contributed by atoms with Gasteiger partial charge in [0.1, 0.15) is 0 Å². The Hall–Kier alpha value is -0.570. The number of nitrogens with zero attached hydrogens (tertiary/aromatic N) is 1. The molecule has 0 spiro atoms. The monoisotopic (exact) mass is 198 g/mol. The van der Waals surface area contributed by atoms with Crippen molar-refractivity contribution in [1.29, 1.82) is 0 Å². The first-order valence-corrected chi connectivity index (χ1v) is 5.62. The molecule has 0 aromatic heterocycles. The molecule has 1 rings (SSSR count). The fourth-order valence-electron chi connectivity index (χ4n) is 2.36. The van der Waals surface area contributed by atoms with Gasteiger partial charge < -0.3 is 5.73 Å². The van der Waals surface area contributed by atoms with E-state index in [4.69, 9.17) is 5.73 Å². The molecule has 1 heterocycles. The molecule has 3 nitrogen and oxygen atoms in total. The van der Waals surface area contributed by atoms with E-state index >= 15 is 0 Å². The molecule has 0 unspecified atom stereocenters. The lowest BCUT2D eigenvalue weighted by Gasteiger charge is -2.40. The van der Waals surface area contributed by atoms with Gasteiger partial charge >= 0.3 is 0 Å². The van der Waals surface area contributed by atoms with E-state index in [2.05, 4.69) is 18.7 Å². The highest BCUT2D eigenvalue weighted by Crippen LogP contribution is 2.37. The van der Waals surface area contributed by atoms with Crippen molar-refractivity contribution in [3.63, 3.8) is 0 Å². The summed E-state index contributed by atoms with van der Waals surface area (Å²) in [5, 5.41) is 0. The van der Waals surface area contributed by atoms with E-state index in [0.29, 0.717) is 12.0 Å². The van der Waals surface area contributed by atoms with Crippen LogP contribution in [0.4, 0.5) is 0 Å². The lowest BCUT2D eigenvalue weighted by atomic mass is 9.74. The molecule has 82 valence electrons. The summed E-state index contributed by atoms with van der Waals surface area (Å²) in [5.41, 5.74) is 5.71. The second-order valence-corrected chi connectivity index (χ2v) is 4.45. The average molecular weight is 198 g/mol. The maximum absolute atomic E-state index is 10.7. The van der Waals surface area contributed by atoms with Crippen LogP contribution in [0.1, 0.15) is 39.5 Å². The minimum Gasteiger partial charge on any atom is -0.369 e. The lowest BCUT2D eigenvalue weighted by Crippen LogP contribution is -2.43. The van der Waals surface area contributed by atoms with Crippen LogP contribution >= 0.6 is 0 Å². The molecule has 1 fully saturated rings. The molecule has 0 atom stereocenters. The van der Waals surface area contributed by atoms with Gasteiger partial charge in [-0.25, -0.2) is 0 Å². The van der Waals surface area contributed by atoms with E-state index in [1.807, 2.05) is 0 Å². The minimum absolute atomic E-state index is 0.203. The molecule has 14 heavy (non-hydrogen) atoms. The molecule has 0 saturated carbocycles. The third kappa shape index (κ3) is 2.71. The summed E-state index contributed by atoms with van der Waals surface area (Å²) in [7, 11) is 0. The van der Waals surface area contributed by atoms with E-state index in [1.54, 1.807) is 0 Å². The lowest BCUT2D eigenvalue weighted by molar-refractivity contribution is -0.119. The number of hydrogen-bond acceptors (Lipinski definition) is 2. The SMILES string of the molecule is CCC1(CC)CCN(CC(N)=O)CC1. The van der Waals surface area contributed by atoms with Gasteiger partial charge in [-0.1, -0.05) is 26.7 Å². The third-order valence-corrected chi connectivity index (χ3v) is 3.80. The molecule has 0 aromatic carbocycles. The Labute approximate surface area is 86.6 Å². The number of piperidine rings is 1. The van der Waals surface area contributed by atoms with Crippen molar-refractivity contribution >= 4 is 5.91 Å².